The zero-order chi connectivity index (χ0) is 23.8. The third-order valence-corrected chi connectivity index (χ3v) is 8.28. The van der Waals surface area contributed by atoms with Crippen molar-refractivity contribution in [1.29, 1.82) is 0 Å². The second-order valence-electron chi connectivity index (χ2n) is 9.42. The van der Waals surface area contributed by atoms with Gasteiger partial charge in [0.15, 0.2) is 5.82 Å². The van der Waals surface area contributed by atoms with E-state index in [0.717, 1.165) is 73.3 Å². The topological polar surface area (TPSA) is 50.1 Å². The Bertz CT molecular complexity index is 1400. The number of benzene rings is 1. The minimum atomic E-state index is 0.801. The van der Waals surface area contributed by atoms with E-state index in [1.807, 2.05) is 18.2 Å². The molecule has 0 aliphatic carbocycles. The van der Waals surface area contributed by atoms with E-state index in [1.165, 1.54) is 34.5 Å². The SMILES string of the molecule is Cc1nc(-c2c3n(c4c(N5CCN(CC#Cc6ccccc6)CC5)ncnc24)CCCC3)sc1C. The van der Waals surface area contributed by atoms with Crippen LogP contribution in [0.5, 0.6) is 0 Å². The van der Waals surface area contributed by atoms with Crippen molar-refractivity contribution >= 4 is 28.2 Å². The number of rotatable bonds is 3. The molecule has 0 atom stereocenters. The summed E-state index contributed by atoms with van der Waals surface area (Å²) in [5.41, 5.74) is 7.08. The second-order valence-corrected chi connectivity index (χ2v) is 10.6. The standard InChI is InChI=1S/C28H30N6S/c1-20-21(2)35-28(31-20)24-23-12-6-7-14-34(23)26-25(24)29-19-30-27(26)33-17-15-32(16-18-33)13-8-11-22-9-4-3-5-10-22/h3-5,9-10,19H,6-7,12-18H2,1-2H3. The normalized spacial score (nSPS) is 16.2. The molecule has 5 heterocycles. The minimum Gasteiger partial charge on any atom is -0.352 e. The number of hydrogen-bond donors (Lipinski definition) is 0. The average molecular weight is 483 g/mol. The average Bonchev–Trinajstić information content (AvgIpc) is 3.41. The number of piperazine rings is 1. The molecular formula is C28H30N6S. The molecule has 4 aromatic rings. The zero-order valence-electron chi connectivity index (χ0n) is 20.4. The molecule has 1 aromatic carbocycles. The van der Waals surface area contributed by atoms with E-state index >= 15 is 0 Å². The van der Waals surface area contributed by atoms with Crippen molar-refractivity contribution in [2.75, 3.05) is 37.6 Å². The van der Waals surface area contributed by atoms with E-state index < -0.39 is 0 Å². The van der Waals surface area contributed by atoms with Gasteiger partial charge in [-0.3, -0.25) is 4.90 Å². The van der Waals surface area contributed by atoms with Crippen molar-refractivity contribution in [2.24, 2.45) is 0 Å². The van der Waals surface area contributed by atoms with Crippen molar-refractivity contribution < 1.29 is 0 Å². The Morgan fingerprint density at radius 2 is 1.80 bits per heavy atom. The Balaban J connectivity index is 1.28. The summed E-state index contributed by atoms with van der Waals surface area (Å²) in [6.45, 7) is 9.96. The Morgan fingerprint density at radius 3 is 2.57 bits per heavy atom. The summed E-state index contributed by atoms with van der Waals surface area (Å²) in [6.07, 6.45) is 5.25. The molecule has 35 heavy (non-hydrogen) atoms. The number of aromatic nitrogens is 4. The summed E-state index contributed by atoms with van der Waals surface area (Å²) >= 11 is 1.79. The van der Waals surface area contributed by atoms with Crippen LogP contribution in [0.15, 0.2) is 36.7 Å². The monoisotopic (exact) mass is 482 g/mol. The molecule has 0 saturated carbocycles. The molecule has 0 amide bonds. The fraction of sp³-hybridized carbons (Fsp3) is 0.393. The molecule has 0 unspecified atom stereocenters. The lowest BCUT2D eigenvalue weighted by atomic mass is 10.1. The van der Waals surface area contributed by atoms with Crippen molar-refractivity contribution in [3.8, 4) is 22.4 Å². The van der Waals surface area contributed by atoms with Crippen LogP contribution in [0, 0.1) is 25.7 Å². The summed E-state index contributed by atoms with van der Waals surface area (Å²) in [7, 11) is 0. The van der Waals surface area contributed by atoms with Gasteiger partial charge in [0.2, 0.25) is 0 Å². The van der Waals surface area contributed by atoms with Crippen molar-refractivity contribution in [3.63, 3.8) is 0 Å². The molecule has 178 valence electrons. The molecule has 6 rings (SSSR count). The number of thiazole rings is 1. The maximum Gasteiger partial charge on any atom is 0.156 e. The molecule has 0 bridgehead atoms. The number of hydrogen-bond acceptors (Lipinski definition) is 6. The molecule has 0 N–H and O–H groups in total. The van der Waals surface area contributed by atoms with Crippen LogP contribution < -0.4 is 4.90 Å². The first-order valence-corrected chi connectivity index (χ1v) is 13.3. The summed E-state index contributed by atoms with van der Waals surface area (Å²) in [5.74, 6) is 7.70. The maximum absolute atomic E-state index is 4.93. The molecule has 1 fully saturated rings. The molecule has 6 nitrogen and oxygen atoms in total. The van der Waals surface area contributed by atoms with Gasteiger partial charge < -0.3 is 9.47 Å². The Labute approximate surface area is 210 Å². The van der Waals surface area contributed by atoms with Gasteiger partial charge in [-0.2, -0.15) is 0 Å². The Hall–Kier alpha value is -3.21. The highest BCUT2D eigenvalue weighted by Gasteiger charge is 2.29. The van der Waals surface area contributed by atoms with E-state index in [0.29, 0.717) is 0 Å². The Kier molecular flexibility index (Phi) is 6.01. The number of fused-ring (bicyclic) bond motifs is 3. The lowest BCUT2D eigenvalue weighted by Gasteiger charge is -2.34. The van der Waals surface area contributed by atoms with Gasteiger partial charge in [0.05, 0.1) is 17.8 Å². The number of aryl methyl sites for hydroxylation is 3. The van der Waals surface area contributed by atoms with Gasteiger partial charge in [-0.1, -0.05) is 30.0 Å². The molecular weight excluding hydrogens is 452 g/mol. The molecule has 7 heteroatoms. The highest BCUT2D eigenvalue weighted by molar-refractivity contribution is 7.15. The molecule has 3 aromatic heterocycles. The predicted octanol–water partition coefficient (Wildman–Crippen LogP) is 4.68. The van der Waals surface area contributed by atoms with Crippen LogP contribution in [0.2, 0.25) is 0 Å². The first-order valence-electron chi connectivity index (χ1n) is 12.5. The molecule has 0 spiro atoms. The largest absolute Gasteiger partial charge is 0.352 e. The molecule has 2 aliphatic rings. The van der Waals surface area contributed by atoms with Crippen LogP contribution >= 0.6 is 11.3 Å². The summed E-state index contributed by atoms with van der Waals surface area (Å²) < 4.78 is 2.49. The van der Waals surface area contributed by atoms with Gasteiger partial charge in [-0.05, 0) is 45.2 Å². The van der Waals surface area contributed by atoms with Crippen LogP contribution in [-0.2, 0) is 13.0 Å². The zero-order valence-corrected chi connectivity index (χ0v) is 21.2. The number of anilines is 1. The highest BCUT2D eigenvalue weighted by Crippen LogP contribution is 2.41. The lowest BCUT2D eigenvalue weighted by Crippen LogP contribution is -2.46. The van der Waals surface area contributed by atoms with Crippen LogP contribution in [0.4, 0.5) is 5.82 Å². The van der Waals surface area contributed by atoms with Crippen LogP contribution in [0.3, 0.4) is 0 Å². The van der Waals surface area contributed by atoms with Crippen LogP contribution in [0.1, 0.15) is 34.7 Å². The Morgan fingerprint density at radius 1 is 0.971 bits per heavy atom. The maximum atomic E-state index is 4.93. The van der Waals surface area contributed by atoms with E-state index in [1.54, 1.807) is 17.7 Å². The van der Waals surface area contributed by atoms with Crippen LogP contribution in [0.25, 0.3) is 21.6 Å². The fourth-order valence-electron chi connectivity index (χ4n) is 5.21. The smallest absolute Gasteiger partial charge is 0.156 e. The van der Waals surface area contributed by atoms with E-state index in [2.05, 4.69) is 52.2 Å². The third kappa shape index (κ3) is 4.22. The third-order valence-electron chi connectivity index (χ3n) is 7.19. The van der Waals surface area contributed by atoms with Crippen molar-refractivity contribution in [1.82, 2.24) is 24.4 Å². The fourth-order valence-corrected chi connectivity index (χ4v) is 6.19. The summed E-state index contributed by atoms with van der Waals surface area (Å²) in [6, 6.07) is 10.2. The van der Waals surface area contributed by atoms with Gasteiger partial charge in [0.1, 0.15) is 22.4 Å². The van der Waals surface area contributed by atoms with Crippen LogP contribution in [-0.4, -0.2) is 57.1 Å². The highest BCUT2D eigenvalue weighted by atomic mass is 32.1. The first-order chi connectivity index (χ1) is 17.2. The predicted molar refractivity (Wildman–Crippen MR) is 143 cm³/mol. The van der Waals surface area contributed by atoms with E-state index in [4.69, 9.17) is 15.0 Å². The molecule has 2 aliphatic heterocycles. The van der Waals surface area contributed by atoms with Gasteiger partial charge in [0, 0.05) is 48.9 Å². The minimum absolute atomic E-state index is 0.801. The van der Waals surface area contributed by atoms with Gasteiger partial charge in [0.25, 0.3) is 0 Å². The van der Waals surface area contributed by atoms with Gasteiger partial charge >= 0.3 is 0 Å². The first kappa shape index (κ1) is 22.3. The second kappa shape index (κ2) is 9.44. The van der Waals surface area contributed by atoms with Gasteiger partial charge in [-0.15, -0.1) is 11.3 Å². The quantitative estimate of drug-likeness (QED) is 0.397. The molecule has 0 radical (unpaired) electrons. The summed E-state index contributed by atoms with van der Waals surface area (Å²) in [4.78, 5) is 20.7. The van der Waals surface area contributed by atoms with Crippen molar-refractivity contribution in [3.05, 3.63) is 58.5 Å². The molecule has 1 saturated heterocycles. The summed E-state index contributed by atoms with van der Waals surface area (Å²) in [5, 5.41) is 1.10. The lowest BCUT2D eigenvalue weighted by molar-refractivity contribution is 0.287. The van der Waals surface area contributed by atoms with E-state index in [-0.39, 0.29) is 0 Å². The van der Waals surface area contributed by atoms with Crippen molar-refractivity contribution in [2.45, 2.75) is 39.7 Å². The number of nitrogens with zero attached hydrogens (tertiary/aromatic N) is 6. The van der Waals surface area contributed by atoms with Gasteiger partial charge in [-0.25, -0.2) is 15.0 Å². The van der Waals surface area contributed by atoms with E-state index in [9.17, 15) is 0 Å².